The Labute approximate surface area is 104 Å². The largest absolute Gasteiger partial charge is 0.463 e. The van der Waals surface area contributed by atoms with E-state index in [0.29, 0.717) is 12.2 Å². The van der Waals surface area contributed by atoms with Gasteiger partial charge in [0.25, 0.3) is 0 Å². The monoisotopic (exact) mass is 252 g/mol. The summed E-state index contributed by atoms with van der Waals surface area (Å²) in [5, 5.41) is 10.00. The first-order valence-electron chi connectivity index (χ1n) is 5.75. The van der Waals surface area contributed by atoms with Crippen LogP contribution in [0.1, 0.15) is 35.7 Å². The molecule has 2 rings (SSSR count). The topological polar surface area (TPSA) is 33.4 Å². The van der Waals surface area contributed by atoms with Crippen LogP contribution < -0.4 is 0 Å². The summed E-state index contributed by atoms with van der Waals surface area (Å²) in [6.45, 7) is 3.37. The Hall–Kier alpha value is -1.68. The molecule has 2 nitrogen and oxygen atoms in total. The molecule has 4 heteroatoms. The van der Waals surface area contributed by atoms with Gasteiger partial charge in [-0.3, -0.25) is 0 Å². The first-order chi connectivity index (χ1) is 8.54. The van der Waals surface area contributed by atoms with Crippen LogP contribution in [-0.4, -0.2) is 5.11 Å². The number of hydrogen-bond acceptors (Lipinski definition) is 2. The second-order valence-corrected chi connectivity index (χ2v) is 4.16. The van der Waals surface area contributed by atoms with Gasteiger partial charge in [-0.05, 0) is 24.6 Å². The highest BCUT2D eigenvalue weighted by atomic mass is 19.2. The van der Waals surface area contributed by atoms with Crippen molar-refractivity contribution < 1.29 is 18.3 Å². The van der Waals surface area contributed by atoms with E-state index in [9.17, 15) is 13.9 Å². The third kappa shape index (κ3) is 2.16. The quantitative estimate of drug-likeness (QED) is 0.906. The summed E-state index contributed by atoms with van der Waals surface area (Å²) in [4.78, 5) is 0. The van der Waals surface area contributed by atoms with Gasteiger partial charge in [0.1, 0.15) is 17.6 Å². The van der Waals surface area contributed by atoms with Crippen LogP contribution in [0.25, 0.3) is 0 Å². The zero-order valence-corrected chi connectivity index (χ0v) is 10.2. The molecule has 1 atom stereocenters. The van der Waals surface area contributed by atoms with Crippen LogP contribution in [0.3, 0.4) is 0 Å². The lowest BCUT2D eigenvalue weighted by atomic mass is 10.0. The third-order valence-corrected chi connectivity index (χ3v) is 2.90. The van der Waals surface area contributed by atoms with Crippen molar-refractivity contribution in [2.45, 2.75) is 26.4 Å². The van der Waals surface area contributed by atoms with E-state index in [-0.39, 0.29) is 16.9 Å². The lowest BCUT2D eigenvalue weighted by Crippen LogP contribution is -2.04. The molecule has 0 aliphatic carbocycles. The number of rotatable bonds is 3. The van der Waals surface area contributed by atoms with Gasteiger partial charge in [-0.15, -0.1) is 0 Å². The van der Waals surface area contributed by atoms with Gasteiger partial charge in [-0.2, -0.15) is 0 Å². The molecular weight excluding hydrogens is 238 g/mol. The van der Waals surface area contributed by atoms with Crippen molar-refractivity contribution in [2.75, 3.05) is 0 Å². The van der Waals surface area contributed by atoms with E-state index in [1.54, 1.807) is 12.1 Å². The smallest absolute Gasteiger partial charge is 0.165 e. The number of aliphatic hydroxyl groups excluding tert-OH is 1. The Kier molecular flexibility index (Phi) is 3.48. The SMILES string of the molecule is CCc1ccc(C(O)c2ccc(C)c(F)c2F)o1. The van der Waals surface area contributed by atoms with Gasteiger partial charge >= 0.3 is 0 Å². The Morgan fingerprint density at radius 2 is 1.89 bits per heavy atom. The fourth-order valence-corrected chi connectivity index (χ4v) is 1.76. The summed E-state index contributed by atoms with van der Waals surface area (Å²) in [6, 6.07) is 6.08. The number of furan rings is 1. The molecule has 0 fully saturated rings. The molecule has 0 spiro atoms. The summed E-state index contributed by atoms with van der Waals surface area (Å²) in [6.07, 6.45) is -0.613. The van der Waals surface area contributed by atoms with Crippen LogP contribution in [0.2, 0.25) is 0 Å². The minimum absolute atomic E-state index is 0.116. The van der Waals surface area contributed by atoms with Crippen molar-refractivity contribution in [3.63, 3.8) is 0 Å². The normalized spacial score (nSPS) is 12.7. The summed E-state index contributed by atoms with van der Waals surface area (Å²) in [5.41, 5.74) is 0.0900. The fourth-order valence-electron chi connectivity index (χ4n) is 1.76. The number of aliphatic hydroxyl groups is 1. The van der Waals surface area contributed by atoms with Gasteiger partial charge in [0.2, 0.25) is 0 Å². The molecule has 0 saturated heterocycles. The van der Waals surface area contributed by atoms with Gasteiger partial charge in [0, 0.05) is 12.0 Å². The van der Waals surface area contributed by atoms with E-state index in [2.05, 4.69) is 0 Å². The molecule has 0 saturated carbocycles. The molecule has 1 unspecified atom stereocenters. The van der Waals surface area contributed by atoms with Crippen molar-refractivity contribution in [3.05, 3.63) is 58.5 Å². The highest BCUT2D eigenvalue weighted by Crippen LogP contribution is 2.28. The Morgan fingerprint density at radius 1 is 1.17 bits per heavy atom. The van der Waals surface area contributed by atoms with Crippen LogP contribution in [-0.2, 0) is 6.42 Å². The third-order valence-electron chi connectivity index (χ3n) is 2.90. The number of aryl methyl sites for hydroxylation is 2. The van der Waals surface area contributed by atoms with Crippen LogP contribution in [0.5, 0.6) is 0 Å². The fraction of sp³-hybridized carbons (Fsp3) is 0.286. The Balaban J connectivity index is 2.39. The molecule has 18 heavy (non-hydrogen) atoms. The second-order valence-electron chi connectivity index (χ2n) is 4.16. The van der Waals surface area contributed by atoms with E-state index in [1.807, 2.05) is 6.92 Å². The van der Waals surface area contributed by atoms with E-state index >= 15 is 0 Å². The summed E-state index contributed by atoms with van der Waals surface area (Å²) < 4.78 is 32.5. The average molecular weight is 252 g/mol. The van der Waals surface area contributed by atoms with Gasteiger partial charge in [0.15, 0.2) is 11.6 Å². The van der Waals surface area contributed by atoms with Gasteiger partial charge in [-0.1, -0.05) is 19.1 Å². The first kappa shape index (κ1) is 12.8. The number of halogens is 2. The maximum atomic E-state index is 13.7. The molecular formula is C14H14F2O2. The Morgan fingerprint density at radius 3 is 2.50 bits per heavy atom. The van der Waals surface area contributed by atoms with E-state index < -0.39 is 17.7 Å². The molecule has 0 radical (unpaired) electrons. The molecule has 1 heterocycles. The minimum Gasteiger partial charge on any atom is -0.463 e. The summed E-state index contributed by atoms with van der Waals surface area (Å²) in [5.74, 6) is -1.06. The van der Waals surface area contributed by atoms with Gasteiger partial charge < -0.3 is 9.52 Å². The van der Waals surface area contributed by atoms with Crippen molar-refractivity contribution in [2.24, 2.45) is 0 Å². The highest BCUT2D eigenvalue weighted by molar-refractivity contribution is 5.31. The molecule has 0 aliphatic rings. The van der Waals surface area contributed by atoms with E-state index in [4.69, 9.17) is 4.42 Å². The van der Waals surface area contributed by atoms with Crippen LogP contribution in [0, 0.1) is 18.6 Å². The van der Waals surface area contributed by atoms with E-state index in [0.717, 1.165) is 0 Å². The van der Waals surface area contributed by atoms with Crippen molar-refractivity contribution >= 4 is 0 Å². The Bertz CT molecular complexity index is 561. The standard InChI is InChI=1S/C14H14F2O2/c1-3-9-5-7-11(18-9)14(17)10-6-4-8(2)12(15)13(10)16/h4-7,14,17H,3H2,1-2H3. The minimum atomic E-state index is -1.29. The summed E-state index contributed by atoms with van der Waals surface area (Å²) in [7, 11) is 0. The maximum absolute atomic E-state index is 13.7. The lowest BCUT2D eigenvalue weighted by molar-refractivity contribution is 0.181. The van der Waals surface area contributed by atoms with Crippen LogP contribution >= 0.6 is 0 Å². The van der Waals surface area contributed by atoms with Crippen molar-refractivity contribution in [1.29, 1.82) is 0 Å². The van der Waals surface area contributed by atoms with Crippen molar-refractivity contribution in [3.8, 4) is 0 Å². The molecule has 1 aromatic carbocycles. The maximum Gasteiger partial charge on any atom is 0.165 e. The van der Waals surface area contributed by atoms with Gasteiger partial charge in [0.05, 0.1) is 0 Å². The molecule has 0 aliphatic heterocycles. The first-order valence-corrected chi connectivity index (χ1v) is 5.75. The second kappa shape index (κ2) is 4.90. The van der Waals surface area contributed by atoms with Crippen LogP contribution in [0.4, 0.5) is 8.78 Å². The molecule has 96 valence electrons. The zero-order chi connectivity index (χ0) is 13.3. The van der Waals surface area contributed by atoms with E-state index in [1.165, 1.54) is 19.1 Å². The van der Waals surface area contributed by atoms with Crippen LogP contribution in [0.15, 0.2) is 28.7 Å². The van der Waals surface area contributed by atoms with Crippen molar-refractivity contribution in [1.82, 2.24) is 0 Å². The molecule has 0 amide bonds. The molecule has 2 aromatic rings. The van der Waals surface area contributed by atoms with Gasteiger partial charge in [-0.25, -0.2) is 8.78 Å². The molecule has 1 aromatic heterocycles. The molecule has 1 N–H and O–H groups in total. The number of benzene rings is 1. The average Bonchev–Trinajstić information content (AvgIpc) is 2.84. The zero-order valence-electron chi connectivity index (χ0n) is 10.2. The predicted molar refractivity (Wildman–Crippen MR) is 63.2 cm³/mol. The highest BCUT2D eigenvalue weighted by Gasteiger charge is 2.21. The molecule has 0 bridgehead atoms. The summed E-state index contributed by atoms with van der Waals surface area (Å²) >= 11 is 0. The number of hydrogen-bond donors (Lipinski definition) is 1. The lowest BCUT2D eigenvalue weighted by Gasteiger charge is -2.11. The predicted octanol–water partition coefficient (Wildman–Crippen LogP) is 3.51.